The molecule has 1 saturated carbocycles. The van der Waals surface area contributed by atoms with E-state index in [4.69, 9.17) is 14.7 Å². The molecule has 0 saturated heterocycles. The summed E-state index contributed by atoms with van der Waals surface area (Å²) >= 11 is 0. The lowest BCUT2D eigenvalue weighted by Crippen LogP contribution is -2.24. The fraction of sp³-hybridized carbons (Fsp3) is 0.562. The molecular formula is C16H22N2O2. The van der Waals surface area contributed by atoms with Gasteiger partial charge < -0.3 is 14.8 Å². The van der Waals surface area contributed by atoms with Gasteiger partial charge in [-0.15, -0.1) is 0 Å². The van der Waals surface area contributed by atoms with E-state index in [0.29, 0.717) is 5.41 Å². The van der Waals surface area contributed by atoms with Gasteiger partial charge in [0.05, 0.1) is 0 Å². The van der Waals surface area contributed by atoms with Gasteiger partial charge in [0.15, 0.2) is 6.61 Å². The number of rotatable bonds is 9. The van der Waals surface area contributed by atoms with Crippen molar-refractivity contribution in [2.45, 2.75) is 25.8 Å². The lowest BCUT2D eigenvalue weighted by Gasteiger charge is -2.16. The van der Waals surface area contributed by atoms with Crippen molar-refractivity contribution in [1.82, 2.24) is 5.32 Å². The average Bonchev–Trinajstić information content (AvgIpc) is 3.24. The van der Waals surface area contributed by atoms with E-state index in [1.807, 2.05) is 30.3 Å². The maximum atomic E-state index is 8.59. The van der Waals surface area contributed by atoms with Gasteiger partial charge in [0.1, 0.15) is 11.8 Å². The fourth-order valence-corrected chi connectivity index (χ4v) is 2.37. The third-order valence-electron chi connectivity index (χ3n) is 3.87. The molecule has 0 unspecified atom stereocenters. The molecule has 0 amide bonds. The van der Waals surface area contributed by atoms with Crippen molar-refractivity contribution in [2.24, 2.45) is 5.41 Å². The molecule has 1 aliphatic carbocycles. The average molecular weight is 274 g/mol. The summed E-state index contributed by atoms with van der Waals surface area (Å²) in [7, 11) is 1.76. The van der Waals surface area contributed by atoms with Crippen molar-refractivity contribution in [3.63, 3.8) is 0 Å². The van der Waals surface area contributed by atoms with E-state index in [-0.39, 0.29) is 6.61 Å². The molecule has 108 valence electrons. The SMILES string of the molecule is COCCC1(CNCc2ccccc2OCC#N)CC1. The third-order valence-corrected chi connectivity index (χ3v) is 3.87. The molecule has 0 heterocycles. The zero-order valence-corrected chi connectivity index (χ0v) is 12.0. The summed E-state index contributed by atoms with van der Waals surface area (Å²) in [6.45, 7) is 2.72. The van der Waals surface area contributed by atoms with Gasteiger partial charge in [-0.05, 0) is 30.7 Å². The number of ether oxygens (including phenoxy) is 2. The lowest BCUT2D eigenvalue weighted by molar-refractivity contribution is 0.171. The van der Waals surface area contributed by atoms with Crippen molar-refractivity contribution in [2.75, 3.05) is 26.9 Å². The van der Waals surface area contributed by atoms with Gasteiger partial charge in [0.25, 0.3) is 0 Å². The Kier molecular flexibility index (Phi) is 5.40. The largest absolute Gasteiger partial charge is 0.478 e. The quantitative estimate of drug-likeness (QED) is 0.751. The molecule has 2 rings (SSSR count). The predicted molar refractivity (Wildman–Crippen MR) is 77.4 cm³/mol. The van der Waals surface area contributed by atoms with Crippen LogP contribution < -0.4 is 10.1 Å². The summed E-state index contributed by atoms with van der Waals surface area (Å²) in [5.74, 6) is 0.795. The molecule has 0 spiro atoms. The molecular weight excluding hydrogens is 252 g/mol. The molecule has 20 heavy (non-hydrogen) atoms. The van der Waals surface area contributed by atoms with Gasteiger partial charge in [-0.25, -0.2) is 0 Å². The third kappa shape index (κ3) is 4.22. The van der Waals surface area contributed by atoms with Gasteiger partial charge in [0.2, 0.25) is 0 Å². The van der Waals surface area contributed by atoms with Crippen LogP contribution in [0.15, 0.2) is 24.3 Å². The standard InChI is InChI=1S/C16H22N2O2/c1-19-10-8-16(6-7-16)13-18-12-14-4-2-3-5-15(14)20-11-9-17/h2-5,18H,6-8,10-13H2,1H3. The van der Waals surface area contributed by atoms with E-state index >= 15 is 0 Å². The minimum absolute atomic E-state index is 0.0921. The number of nitriles is 1. The van der Waals surface area contributed by atoms with Gasteiger partial charge in [-0.2, -0.15) is 5.26 Å². The topological polar surface area (TPSA) is 54.3 Å². The van der Waals surface area contributed by atoms with Crippen LogP contribution in [0.3, 0.4) is 0 Å². The highest BCUT2D eigenvalue weighted by Crippen LogP contribution is 2.48. The normalized spacial score (nSPS) is 15.6. The number of para-hydroxylation sites is 1. The Labute approximate surface area is 120 Å². The minimum Gasteiger partial charge on any atom is -0.478 e. The molecule has 0 aliphatic heterocycles. The van der Waals surface area contributed by atoms with E-state index in [1.54, 1.807) is 7.11 Å². The Balaban J connectivity index is 1.81. The zero-order chi connectivity index (χ0) is 14.3. The Morgan fingerprint density at radius 1 is 1.35 bits per heavy atom. The summed E-state index contributed by atoms with van der Waals surface area (Å²) < 4.78 is 10.6. The van der Waals surface area contributed by atoms with Crippen molar-refractivity contribution in [3.8, 4) is 11.8 Å². The van der Waals surface area contributed by atoms with Crippen LogP contribution in [0.25, 0.3) is 0 Å². The van der Waals surface area contributed by atoms with Gasteiger partial charge >= 0.3 is 0 Å². The number of nitrogens with zero attached hydrogens (tertiary/aromatic N) is 1. The summed E-state index contributed by atoms with van der Waals surface area (Å²) in [5.41, 5.74) is 1.55. The summed E-state index contributed by atoms with van der Waals surface area (Å²) in [6.07, 6.45) is 3.70. The molecule has 4 heteroatoms. The maximum absolute atomic E-state index is 8.59. The molecule has 0 atom stereocenters. The van der Waals surface area contributed by atoms with Crippen LogP contribution in [-0.2, 0) is 11.3 Å². The van der Waals surface area contributed by atoms with Crippen LogP contribution in [-0.4, -0.2) is 26.9 Å². The molecule has 1 aromatic rings. The molecule has 0 bridgehead atoms. The predicted octanol–water partition coefficient (Wildman–Crippen LogP) is 2.50. The second kappa shape index (κ2) is 7.28. The Morgan fingerprint density at radius 3 is 2.85 bits per heavy atom. The number of hydrogen-bond acceptors (Lipinski definition) is 4. The fourth-order valence-electron chi connectivity index (χ4n) is 2.37. The monoisotopic (exact) mass is 274 g/mol. The Hall–Kier alpha value is -1.57. The number of hydrogen-bond donors (Lipinski definition) is 1. The van der Waals surface area contributed by atoms with Crippen LogP contribution >= 0.6 is 0 Å². The van der Waals surface area contributed by atoms with Crippen molar-refractivity contribution in [3.05, 3.63) is 29.8 Å². The molecule has 0 aromatic heterocycles. The Morgan fingerprint density at radius 2 is 2.15 bits per heavy atom. The van der Waals surface area contributed by atoms with Crippen LogP contribution in [0.2, 0.25) is 0 Å². The van der Waals surface area contributed by atoms with Gasteiger partial charge in [0, 0.05) is 32.4 Å². The molecule has 1 fully saturated rings. The summed E-state index contributed by atoms with van der Waals surface area (Å²) in [5, 5.41) is 12.1. The first-order valence-corrected chi connectivity index (χ1v) is 7.07. The molecule has 1 aliphatic rings. The molecule has 4 nitrogen and oxygen atoms in total. The van der Waals surface area contributed by atoms with Crippen LogP contribution in [0, 0.1) is 16.7 Å². The van der Waals surface area contributed by atoms with E-state index in [0.717, 1.165) is 37.4 Å². The number of methoxy groups -OCH3 is 1. The first kappa shape index (κ1) is 14.8. The molecule has 1 aromatic carbocycles. The maximum Gasteiger partial charge on any atom is 0.174 e. The van der Waals surface area contributed by atoms with E-state index in [9.17, 15) is 0 Å². The smallest absolute Gasteiger partial charge is 0.174 e. The molecule has 1 N–H and O–H groups in total. The summed E-state index contributed by atoms with van der Waals surface area (Å²) in [4.78, 5) is 0. The summed E-state index contributed by atoms with van der Waals surface area (Å²) in [6, 6.07) is 9.87. The lowest BCUT2D eigenvalue weighted by atomic mass is 10.0. The van der Waals surface area contributed by atoms with Crippen molar-refractivity contribution >= 4 is 0 Å². The van der Waals surface area contributed by atoms with Crippen LogP contribution in [0.5, 0.6) is 5.75 Å². The second-order valence-corrected chi connectivity index (χ2v) is 5.40. The van der Waals surface area contributed by atoms with Gasteiger partial charge in [-0.1, -0.05) is 18.2 Å². The first-order chi connectivity index (χ1) is 9.79. The van der Waals surface area contributed by atoms with Crippen LogP contribution in [0.1, 0.15) is 24.8 Å². The first-order valence-electron chi connectivity index (χ1n) is 7.07. The highest BCUT2D eigenvalue weighted by Gasteiger charge is 2.41. The van der Waals surface area contributed by atoms with Crippen molar-refractivity contribution < 1.29 is 9.47 Å². The highest BCUT2D eigenvalue weighted by atomic mass is 16.5. The van der Waals surface area contributed by atoms with E-state index in [1.165, 1.54) is 12.8 Å². The zero-order valence-electron chi connectivity index (χ0n) is 12.0. The Bertz CT molecular complexity index is 464. The second-order valence-electron chi connectivity index (χ2n) is 5.40. The number of nitrogens with one attached hydrogen (secondary N) is 1. The van der Waals surface area contributed by atoms with Gasteiger partial charge in [-0.3, -0.25) is 0 Å². The van der Waals surface area contributed by atoms with Crippen LogP contribution in [0.4, 0.5) is 0 Å². The molecule has 0 radical (unpaired) electrons. The number of benzene rings is 1. The van der Waals surface area contributed by atoms with E-state index in [2.05, 4.69) is 5.32 Å². The highest BCUT2D eigenvalue weighted by molar-refractivity contribution is 5.33. The van der Waals surface area contributed by atoms with Crippen molar-refractivity contribution in [1.29, 1.82) is 5.26 Å². The minimum atomic E-state index is 0.0921. The van der Waals surface area contributed by atoms with E-state index < -0.39 is 0 Å².